The quantitative estimate of drug-likeness (QED) is 0.702. The summed E-state index contributed by atoms with van der Waals surface area (Å²) in [5.41, 5.74) is 0.639. The fourth-order valence-electron chi connectivity index (χ4n) is 1.83. The van der Waals surface area contributed by atoms with Crippen LogP contribution in [0.15, 0.2) is 5.38 Å². The van der Waals surface area contributed by atoms with Gasteiger partial charge in [-0.05, 0) is 12.8 Å². The molecule has 0 atom stereocenters. The number of rotatable bonds is 1. The summed E-state index contributed by atoms with van der Waals surface area (Å²) >= 11 is 0.707. The van der Waals surface area contributed by atoms with Crippen LogP contribution in [-0.2, 0) is 6.18 Å². The fraction of sp³-hybridized carbons (Fsp3) is 0.667. The van der Waals surface area contributed by atoms with E-state index in [-0.39, 0.29) is 5.92 Å². The highest BCUT2D eigenvalue weighted by Gasteiger charge is 2.35. The number of thiazole rings is 1. The molecule has 1 aliphatic rings. The molecule has 0 radical (unpaired) electrons. The van der Waals surface area contributed by atoms with Gasteiger partial charge in [0, 0.05) is 11.3 Å². The lowest BCUT2D eigenvalue weighted by molar-refractivity contribution is -0.137. The van der Waals surface area contributed by atoms with Crippen molar-refractivity contribution in [2.45, 2.75) is 37.8 Å². The highest BCUT2D eigenvalue weighted by Crippen LogP contribution is 2.38. The first-order valence-corrected chi connectivity index (χ1v) is 5.48. The topological polar surface area (TPSA) is 12.9 Å². The molecule has 0 unspecified atom stereocenters. The zero-order valence-corrected chi connectivity index (χ0v) is 8.29. The van der Waals surface area contributed by atoms with Crippen LogP contribution in [0.25, 0.3) is 0 Å². The van der Waals surface area contributed by atoms with E-state index in [4.69, 9.17) is 0 Å². The van der Waals surface area contributed by atoms with Gasteiger partial charge >= 0.3 is 6.18 Å². The maximum Gasteiger partial charge on any atom is 0.443 e. The smallest absolute Gasteiger partial charge is 0.237 e. The second kappa shape index (κ2) is 3.53. The molecule has 1 heterocycles. The van der Waals surface area contributed by atoms with Gasteiger partial charge in [-0.15, -0.1) is 11.3 Å². The van der Waals surface area contributed by atoms with Crippen molar-refractivity contribution in [3.63, 3.8) is 0 Å². The lowest BCUT2D eigenvalue weighted by atomic mass is 10.1. The molecule has 1 saturated carbocycles. The van der Waals surface area contributed by atoms with E-state index in [1.54, 1.807) is 5.38 Å². The van der Waals surface area contributed by atoms with Gasteiger partial charge in [0.1, 0.15) is 0 Å². The summed E-state index contributed by atoms with van der Waals surface area (Å²) in [7, 11) is 0. The Morgan fingerprint density at radius 3 is 2.43 bits per heavy atom. The molecular weight excluding hydrogens is 211 g/mol. The molecule has 1 nitrogen and oxygen atoms in total. The predicted molar refractivity (Wildman–Crippen MR) is 48.3 cm³/mol. The minimum Gasteiger partial charge on any atom is -0.237 e. The molecule has 78 valence electrons. The highest BCUT2D eigenvalue weighted by atomic mass is 32.1. The Hall–Kier alpha value is -0.580. The molecule has 0 aromatic carbocycles. The highest BCUT2D eigenvalue weighted by molar-refractivity contribution is 7.09. The summed E-state index contributed by atoms with van der Waals surface area (Å²) in [5.74, 6) is 0.266. The molecule has 0 saturated heterocycles. The normalized spacial score (nSPS) is 19.1. The minimum absolute atomic E-state index is 0.266. The first-order chi connectivity index (χ1) is 6.57. The first-order valence-electron chi connectivity index (χ1n) is 4.60. The molecule has 1 fully saturated rings. The van der Waals surface area contributed by atoms with Gasteiger partial charge in [0.05, 0.1) is 5.69 Å². The average Bonchev–Trinajstić information content (AvgIpc) is 2.73. The Labute approximate surface area is 84.0 Å². The number of hydrogen-bond donors (Lipinski definition) is 0. The lowest BCUT2D eigenvalue weighted by Crippen LogP contribution is -2.04. The van der Waals surface area contributed by atoms with Crippen molar-refractivity contribution in [2.24, 2.45) is 0 Å². The fourth-order valence-corrected chi connectivity index (χ4v) is 2.59. The van der Waals surface area contributed by atoms with Crippen LogP contribution < -0.4 is 0 Å². The molecule has 14 heavy (non-hydrogen) atoms. The molecule has 0 bridgehead atoms. The van der Waals surface area contributed by atoms with Gasteiger partial charge < -0.3 is 0 Å². The Bertz CT molecular complexity index is 312. The number of alkyl halides is 3. The number of aromatic nitrogens is 1. The summed E-state index contributed by atoms with van der Waals surface area (Å²) < 4.78 is 36.7. The molecule has 5 heteroatoms. The van der Waals surface area contributed by atoms with Crippen molar-refractivity contribution < 1.29 is 13.2 Å². The monoisotopic (exact) mass is 221 g/mol. The third-order valence-electron chi connectivity index (χ3n) is 2.54. The van der Waals surface area contributed by atoms with Gasteiger partial charge in [0.25, 0.3) is 0 Å². The van der Waals surface area contributed by atoms with Gasteiger partial charge in [-0.2, -0.15) is 13.2 Å². The third kappa shape index (κ3) is 1.92. The largest absolute Gasteiger partial charge is 0.443 e. The zero-order valence-electron chi connectivity index (χ0n) is 7.47. The van der Waals surface area contributed by atoms with E-state index >= 15 is 0 Å². The van der Waals surface area contributed by atoms with Crippen LogP contribution >= 0.6 is 11.3 Å². The average molecular weight is 221 g/mol. The standard InChI is InChI=1S/C9H10F3NS/c10-9(11,12)8-13-7(5-14-8)6-3-1-2-4-6/h5-6H,1-4H2. The van der Waals surface area contributed by atoms with Crippen molar-refractivity contribution >= 4 is 11.3 Å². The van der Waals surface area contributed by atoms with Crippen LogP contribution in [0.1, 0.15) is 42.3 Å². The van der Waals surface area contributed by atoms with E-state index < -0.39 is 11.2 Å². The molecule has 0 N–H and O–H groups in total. The number of nitrogens with zero attached hydrogens (tertiary/aromatic N) is 1. The van der Waals surface area contributed by atoms with Crippen molar-refractivity contribution in [1.29, 1.82) is 0 Å². The molecule has 1 aliphatic carbocycles. The van der Waals surface area contributed by atoms with E-state index in [2.05, 4.69) is 4.98 Å². The molecule has 0 amide bonds. The minimum atomic E-state index is -4.28. The van der Waals surface area contributed by atoms with Crippen molar-refractivity contribution in [1.82, 2.24) is 4.98 Å². The van der Waals surface area contributed by atoms with Crippen LogP contribution in [0.4, 0.5) is 13.2 Å². The number of hydrogen-bond acceptors (Lipinski definition) is 2. The molecule has 1 aromatic heterocycles. The van der Waals surface area contributed by atoms with Crippen LogP contribution in [0.3, 0.4) is 0 Å². The van der Waals surface area contributed by atoms with Crippen molar-refractivity contribution in [3.8, 4) is 0 Å². The zero-order chi connectivity index (χ0) is 10.2. The lowest BCUT2D eigenvalue weighted by Gasteiger charge is -2.04. The first kappa shape index (κ1) is 9.96. The SMILES string of the molecule is FC(F)(F)c1nc(C2CCCC2)cs1. The second-order valence-electron chi connectivity index (χ2n) is 3.56. The van der Waals surface area contributed by atoms with E-state index in [1.165, 1.54) is 0 Å². The summed E-state index contributed by atoms with van der Waals surface area (Å²) in [6, 6.07) is 0. The summed E-state index contributed by atoms with van der Waals surface area (Å²) in [6.07, 6.45) is -0.0727. The van der Waals surface area contributed by atoms with E-state index in [1.807, 2.05) is 0 Å². The van der Waals surface area contributed by atoms with Crippen LogP contribution in [-0.4, -0.2) is 4.98 Å². The molecule has 0 aliphatic heterocycles. The maximum atomic E-state index is 12.2. The van der Waals surface area contributed by atoms with Gasteiger partial charge in [-0.1, -0.05) is 12.8 Å². The van der Waals surface area contributed by atoms with Gasteiger partial charge in [0.2, 0.25) is 0 Å². The summed E-state index contributed by atoms with van der Waals surface area (Å²) in [4.78, 5) is 3.66. The van der Waals surface area contributed by atoms with Crippen LogP contribution in [0, 0.1) is 0 Å². The second-order valence-corrected chi connectivity index (χ2v) is 4.41. The van der Waals surface area contributed by atoms with Crippen molar-refractivity contribution in [3.05, 3.63) is 16.1 Å². The summed E-state index contributed by atoms with van der Waals surface area (Å²) in [5, 5.41) is 0.845. The Morgan fingerprint density at radius 2 is 1.93 bits per heavy atom. The van der Waals surface area contributed by atoms with Gasteiger partial charge in [0.15, 0.2) is 5.01 Å². The Balaban J connectivity index is 2.17. The Morgan fingerprint density at radius 1 is 1.29 bits per heavy atom. The molecule has 0 spiro atoms. The van der Waals surface area contributed by atoms with E-state index in [9.17, 15) is 13.2 Å². The molecule has 2 rings (SSSR count). The van der Waals surface area contributed by atoms with Gasteiger partial charge in [-0.25, -0.2) is 4.98 Å². The van der Waals surface area contributed by atoms with Crippen molar-refractivity contribution in [2.75, 3.05) is 0 Å². The summed E-state index contributed by atoms with van der Waals surface area (Å²) in [6.45, 7) is 0. The molecular formula is C9H10F3NS. The van der Waals surface area contributed by atoms with Crippen LogP contribution in [0.5, 0.6) is 0 Å². The van der Waals surface area contributed by atoms with E-state index in [0.717, 1.165) is 25.7 Å². The van der Waals surface area contributed by atoms with Gasteiger partial charge in [-0.3, -0.25) is 0 Å². The third-order valence-corrected chi connectivity index (χ3v) is 3.44. The predicted octanol–water partition coefficient (Wildman–Crippen LogP) is 3.82. The maximum absolute atomic E-state index is 12.2. The van der Waals surface area contributed by atoms with Crippen LogP contribution in [0.2, 0.25) is 0 Å². The van der Waals surface area contributed by atoms with E-state index in [0.29, 0.717) is 17.0 Å². The number of halogens is 3. The Kier molecular flexibility index (Phi) is 2.51. The molecule has 1 aromatic rings.